The number of benzene rings is 7. The van der Waals surface area contributed by atoms with Crippen molar-refractivity contribution in [2.45, 2.75) is 0 Å². The van der Waals surface area contributed by atoms with E-state index in [1.165, 1.54) is 0 Å². The average Bonchev–Trinajstić information content (AvgIpc) is 3.72. The quantitative estimate of drug-likeness (QED) is 0.187. The lowest BCUT2D eigenvalue weighted by molar-refractivity contribution is 1.13. The summed E-state index contributed by atoms with van der Waals surface area (Å²) in [6, 6.07) is 56.4. The molecule has 9 aromatic rings. The van der Waals surface area contributed by atoms with Crippen LogP contribution in [0.15, 0.2) is 146 Å². The largest absolute Gasteiger partial charge is 0.307 e. The van der Waals surface area contributed by atoms with E-state index < -0.39 is 0 Å². The molecule has 2 aromatic heterocycles. The summed E-state index contributed by atoms with van der Waals surface area (Å²) in [5.74, 6) is 0. The number of fused-ring (bicyclic) bond motifs is 6. The molecule has 6 nitrogen and oxygen atoms in total. The molecule has 0 saturated heterocycles. The van der Waals surface area contributed by atoms with Crippen molar-refractivity contribution in [1.29, 1.82) is 21.0 Å². The van der Waals surface area contributed by atoms with E-state index in [2.05, 4.69) is 57.7 Å². The van der Waals surface area contributed by atoms with Gasteiger partial charge in [0.05, 0.1) is 67.8 Å². The summed E-state index contributed by atoms with van der Waals surface area (Å²) in [5, 5.41) is 46.5. The van der Waals surface area contributed by atoms with Crippen LogP contribution in [0, 0.1) is 45.3 Å². The monoisotopic (exact) mass is 660 g/mol. The van der Waals surface area contributed by atoms with E-state index in [4.69, 9.17) is 0 Å². The van der Waals surface area contributed by atoms with E-state index in [-0.39, 0.29) is 0 Å². The highest BCUT2D eigenvalue weighted by Gasteiger charge is 2.31. The Kier molecular flexibility index (Phi) is 6.91. The van der Waals surface area contributed by atoms with Crippen LogP contribution in [0.2, 0.25) is 0 Å². The lowest BCUT2D eigenvalue weighted by atomic mass is 9.86. The number of nitrogens with zero attached hydrogens (tertiary/aromatic N) is 6. The molecule has 0 atom stereocenters. The fraction of sp³-hybridized carbons (Fsp3) is 0. The van der Waals surface area contributed by atoms with Gasteiger partial charge in [0.25, 0.3) is 0 Å². The highest BCUT2D eigenvalue weighted by atomic mass is 15.0. The summed E-state index contributed by atoms with van der Waals surface area (Å²) in [7, 11) is 0. The van der Waals surface area contributed by atoms with E-state index in [9.17, 15) is 21.0 Å². The molecule has 238 valence electrons. The normalized spacial score (nSPS) is 11.0. The Labute approximate surface area is 298 Å². The van der Waals surface area contributed by atoms with Crippen molar-refractivity contribution in [3.8, 4) is 57.9 Å². The zero-order valence-corrected chi connectivity index (χ0v) is 27.5. The maximum atomic E-state index is 11.5. The number of nitriles is 4. The van der Waals surface area contributed by atoms with E-state index in [1.54, 1.807) is 24.3 Å². The summed E-state index contributed by atoms with van der Waals surface area (Å²) in [6.07, 6.45) is 0. The summed E-state index contributed by atoms with van der Waals surface area (Å²) in [6.45, 7) is 0. The first-order chi connectivity index (χ1) is 25.7. The van der Waals surface area contributed by atoms with E-state index in [0.29, 0.717) is 55.9 Å². The Morgan fingerprint density at radius 2 is 0.615 bits per heavy atom. The van der Waals surface area contributed by atoms with Crippen LogP contribution >= 0.6 is 0 Å². The molecule has 52 heavy (non-hydrogen) atoms. The van der Waals surface area contributed by atoms with Crippen molar-refractivity contribution in [2.24, 2.45) is 0 Å². The van der Waals surface area contributed by atoms with Crippen molar-refractivity contribution in [3.63, 3.8) is 0 Å². The fourth-order valence-corrected chi connectivity index (χ4v) is 7.70. The van der Waals surface area contributed by atoms with E-state index >= 15 is 0 Å². The van der Waals surface area contributed by atoms with Gasteiger partial charge in [-0.3, -0.25) is 0 Å². The first kappa shape index (κ1) is 30.2. The van der Waals surface area contributed by atoms with Crippen LogP contribution in [-0.2, 0) is 0 Å². The zero-order chi connectivity index (χ0) is 35.3. The van der Waals surface area contributed by atoms with Gasteiger partial charge >= 0.3 is 0 Å². The number of hydrogen-bond donors (Lipinski definition) is 0. The van der Waals surface area contributed by atoms with Crippen LogP contribution in [0.3, 0.4) is 0 Å². The smallest absolute Gasteiger partial charge is 0.102 e. The molecule has 0 saturated carbocycles. The van der Waals surface area contributed by atoms with Crippen molar-refractivity contribution >= 4 is 43.6 Å². The minimum absolute atomic E-state index is 0.367. The molecule has 2 heterocycles. The highest BCUT2D eigenvalue weighted by Crippen LogP contribution is 2.48. The number of aromatic nitrogens is 2. The lowest BCUT2D eigenvalue weighted by Crippen LogP contribution is -2.11. The predicted molar refractivity (Wildman–Crippen MR) is 205 cm³/mol. The molecule has 7 aromatic carbocycles. The van der Waals surface area contributed by atoms with Crippen molar-refractivity contribution in [2.75, 3.05) is 0 Å². The Balaban J connectivity index is 1.59. The minimum Gasteiger partial charge on any atom is -0.307 e. The van der Waals surface area contributed by atoms with Gasteiger partial charge in [0, 0.05) is 32.7 Å². The average molecular weight is 661 g/mol. The van der Waals surface area contributed by atoms with Crippen LogP contribution in [0.1, 0.15) is 22.3 Å². The summed E-state index contributed by atoms with van der Waals surface area (Å²) < 4.78 is 4.20. The molecule has 0 aliphatic heterocycles. The molecule has 0 amide bonds. The van der Waals surface area contributed by atoms with Crippen LogP contribution in [0.4, 0.5) is 0 Å². The first-order valence-electron chi connectivity index (χ1n) is 16.7. The van der Waals surface area contributed by atoms with Gasteiger partial charge in [0.15, 0.2) is 0 Å². The zero-order valence-electron chi connectivity index (χ0n) is 27.5. The Morgan fingerprint density at radius 3 is 0.885 bits per heavy atom. The second kappa shape index (κ2) is 11.9. The van der Waals surface area contributed by atoms with Crippen LogP contribution in [-0.4, -0.2) is 9.13 Å². The van der Waals surface area contributed by atoms with Gasteiger partial charge in [-0.05, 0) is 59.7 Å². The summed E-state index contributed by atoms with van der Waals surface area (Å²) >= 11 is 0. The summed E-state index contributed by atoms with van der Waals surface area (Å²) in [5.41, 5.74) is 8.89. The van der Waals surface area contributed by atoms with Gasteiger partial charge in [0.2, 0.25) is 0 Å². The van der Waals surface area contributed by atoms with Gasteiger partial charge in [-0.2, -0.15) is 21.0 Å². The first-order valence-corrected chi connectivity index (χ1v) is 16.7. The van der Waals surface area contributed by atoms with Crippen molar-refractivity contribution in [1.82, 2.24) is 9.13 Å². The third kappa shape index (κ3) is 4.33. The number of hydrogen-bond acceptors (Lipinski definition) is 4. The SMILES string of the molecule is N#Cc1ccc(-c2c(C#N)c(-n3c4ccccc4c4ccccc43)c(-c3ccc(C#N)cc3)c(C#N)c2-n2c3ccccc3c3ccccc32)cc1. The second-order valence-corrected chi connectivity index (χ2v) is 12.5. The topological polar surface area (TPSA) is 105 Å². The second-order valence-electron chi connectivity index (χ2n) is 12.5. The van der Waals surface area contributed by atoms with Crippen LogP contribution in [0.5, 0.6) is 0 Å². The van der Waals surface area contributed by atoms with Gasteiger partial charge in [-0.25, -0.2) is 0 Å². The predicted octanol–water partition coefficient (Wildman–Crippen LogP) is 10.7. The third-order valence-corrected chi connectivity index (χ3v) is 9.88. The Morgan fingerprint density at radius 1 is 0.327 bits per heavy atom. The van der Waals surface area contributed by atoms with Crippen LogP contribution < -0.4 is 0 Å². The lowest BCUT2D eigenvalue weighted by Gasteiger charge is -2.25. The standard InChI is InChI=1S/C46H24N6/c47-25-29-17-21-31(22-18-29)43-38(28-50)46(52-41-15-7-3-11-35(41)36-12-4-8-16-42(36)52)44(32-23-19-30(26-48)20-24-32)37(27-49)45(43)51-39-13-5-1-9-33(39)34-10-2-6-14-40(34)51/h1-24H. The van der Waals surface area contributed by atoms with Crippen molar-refractivity contribution in [3.05, 3.63) is 168 Å². The maximum Gasteiger partial charge on any atom is 0.102 e. The molecular weight excluding hydrogens is 637 g/mol. The molecule has 0 radical (unpaired) electrons. The van der Waals surface area contributed by atoms with E-state index in [0.717, 1.165) is 43.6 Å². The van der Waals surface area contributed by atoms with Gasteiger partial charge in [-0.1, -0.05) is 97.1 Å². The van der Waals surface area contributed by atoms with E-state index in [1.807, 2.05) is 97.1 Å². The number of para-hydroxylation sites is 4. The Hall–Kier alpha value is -7.90. The Bertz CT molecular complexity index is 2780. The molecule has 0 unspecified atom stereocenters. The van der Waals surface area contributed by atoms with Gasteiger partial charge in [0.1, 0.15) is 12.1 Å². The fourth-order valence-electron chi connectivity index (χ4n) is 7.70. The van der Waals surface area contributed by atoms with Crippen molar-refractivity contribution < 1.29 is 0 Å². The third-order valence-electron chi connectivity index (χ3n) is 9.88. The molecule has 0 N–H and O–H groups in total. The van der Waals surface area contributed by atoms with Gasteiger partial charge < -0.3 is 9.13 Å². The summed E-state index contributed by atoms with van der Waals surface area (Å²) in [4.78, 5) is 0. The molecule has 0 aliphatic carbocycles. The molecule has 0 aliphatic rings. The molecule has 0 fully saturated rings. The molecular formula is C46H24N6. The molecule has 9 rings (SSSR count). The maximum absolute atomic E-state index is 11.5. The van der Waals surface area contributed by atoms with Gasteiger partial charge in [-0.15, -0.1) is 0 Å². The molecule has 6 heteroatoms. The molecule has 0 spiro atoms. The minimum atomic E-state index is 0.367. The highest BCUT2D eigenvalue weighted by molar-refractivity contribution is 6.13. The van der Waals surface area contributed by atoms with Crippen LogP contribution in [0.25, 0.3) is 77.2 Å². The number of rotatable bonds is 4. The molecule has 0 bridgehead atoms.